The van der Waals surface area contributed by atoms with E-state index >= 15 is 0 Å². The van der Waals surface area contributed by atoms with Crippen molar-refractivity contribution in [2.45, 2.75) is 30.6 Å². The molecular formula is C22H24N2O4S. The number of sulfonamides is 1. The summed E-state index contributed by atoms with van der Waals surface area (Å²) in [5.41, 5.74) is 3.27. The van der Waals surface area contributed by atoms with Gasteiger partial charge < -0.3 is 9.72 Å². The van der Waals surface area contributed by atoms with Gasteiger partial charge in [-0.05, 0) is 61.1 Å². The average Bonchev–Trinajstić information content (AvgIpc) is 3.17. The van der Waals surface area contributed by atoms with Crippen LogP contribution in [0, 0.1) is 6.92 Å². The van der Waals surface area contributed by atoms with Gasteiger partial charge in [-0.15, -0.1) is 0 Å². The Kier molecular flexibility index (Phi) is 5.19. The van der Waals surface area contributed by atoms with E-state index in [4.69, 9.17) is 4.74 Å². The fraction of sp³-hybridized carbons (Fsp3) is 0.318. The highest BCUT2D eigenvalue weighted by Gasteiger charge is 2.31. The molecule has 29 heavy (non-hydrogen) atoms. The Hall–Kier alpha value is -2.64. The number of piperidine rings is 1. The number of nitrogens with zero attached hydrogens (tertiary/aromatic N) is 1. The van der Waals surface area contributed by atoms with Crippen LogP contribution in [-0.4, -0.2) is 43.9 Å². The van der Waals surface area contributed by atoms with Crippen molar-refractivity contribution in [2.24, 2.45) is 0 Å². The lowest BCUT2D eigenvalue weighted by Crippen LogP contribution is -2.38. The molecule has 1 saturated heterocycles. The SMILES string of the molecule is COC(=O)c1ccc(S(=O)(=O)N2CCC(c3c[nH]c4ccccc34)CC2)c(C)c1. The van der Waals surface area contributed by atoms with E-state index in [0.29, 0.717) is 30.1 Å². The van der Waals surface area contributed by atoms with Crippen molar-refractivity contribution in [3.05, 3.63) is 65.4 Å². The zero-order chi connectivity index (χ0) is 20.6. The third-order valence-electron chi connectivity index (χ3n) is 5.73. The molecular weight excluding hydrogens is 388 g/mol. The largest absolute Gasteiger partial charge is 0.465 e. The van der Waals surface area contributed by atoms with Gasteiger partial charge in [-0.3, -0.25) is 0 Å². The van der Waals surface area contributed by atoms with Crippen LogP contribution in [0.2, 0.25) is 0 Å². The smallest absolute Gasteiger partial charge is 0.337 e. The summed E-state index contributed by atoms with van der Waals surface area (Å²) in [5, 5.41) is 1.21. The summed E-state index contributed by atoms with van der Waals surface area (Å²) in [7, 11) is -2.30. The second-order valence-electron chi connectivity index (χ2n) is 7.44. The summed E-state index contributed by atoms with van der Waals surface area (Å²) in [5.74, 6) is -0.142. The van der Waals surface area contributed by atoms with Crippen molar-refractivity contribution in [1.82, 2.24) is 9.29 Å². The van der Waals surface area contributed by atoms with E-state index in [2.05, 4.69) is 23.3 Å². The number of ether oxygens (including phenoxy) is 1. The van der Waals surface area contributed by atoms with Gasteiger partial charge in [-0.1, -0.05) is 18.2 Å². The molecule has 152 valence electrons. The van der Waals surface area contributed by atoms with Gasteiger partial charge in [0.2, 0.25) is 10.0 Å². The number of hydrogen-bond donors (Lipinski definition) is 1. The highest BCUT2D eigenvalue weighted by Crippen LogP contribution is 2.35. The van der Waals surface area contributed by atoms with Crippen LogP contribution >= 0.6 is 0 Å². The van der Waals surface area contributed by atoms with E-state index in [1.54, 1.807) is 17.3 Å². The molecule has 0 saturated carbocycles. The van der Waals surface area contributed by atoms with E-state index in [1.165, 1.54) is 30.2 Å². The summed E-state index contributed by atoms with van der Waals surface area (Å²) in [6.45, 7) is 2.66. The van der Waals surface area contributed by atoms with Crippen LogP contribution in [0.5, 0.6) is 0 Å². The fourth-order valence-corrected chi connectivity index (χ4v) is 5.84. The molecule has 4 rings (SSSR count). The van der Waals surface area contributed by atoms with Crippen molar-refractivity contribution in [3.8, 4) is 0 Å². The molecule has 0 atom stereocenters. The number of H-pyrrole nitrogens is 1. The van der Waals surface area contributed by atoms with Crippen LogP contribution in [0.4, 0.5) is 0 Å². The molecule has 6 nitrogen and oxygen atoms in total. The van der Waals surface area contributed by atoms with Crippen molar-refractivity contribution >= 4 is 26.9 Å². The van der Waals surface area contributed by atoms with Gasteiger partial charge in [-0.25, -0.2) is 13.2 Å². The lowest BCUT2D eigenvalue weighted by molar-refractivity contribution is 0.0600. The van der Waals surface area contributed by atoms with Crippen molar-refractivity contribution in [2.75, 3.05) is 20.2 Å². The monoisotopic (exact) mass is 412 g/mol. The Labute approximate surface area is 170 Å². The second-order valence-corrected chi connectivity index (χ2v) is 9.35. The van der Waals surface area contributed by atoms with E-state index in [9.17, 15) is 13.2 Å². The zero-order valence-corrected chi connectivity index (χ0v) is 17.3. The number of para-hydroxylation sites is 1. The van der Waals surface area contributed by atoms with E-state index < -0.39 is 16.0 Å². The molecule has 1 aliphatic heterocycles. The molecule has 1 N–H and O–H groups in total. The molecule has 1 aromatic heterocycles. The van der Waals surface area contributed by atoms with Gasteiger partial charge in [0, 0.05) is 30.2 Å². The minimum atomic E-state index is -3.60. The van der Waals surface area contributed by atoms with Gasteiger partial charge in [0.25, 0.3) is 0 Å². The van der Waals surface area contributed by atoms with Crippen LogP contribution in [-0.2, 0) is 14.8 Å². The fourth-order valence-electron chi connectivity index (χ4n) is 4.16. The van der Waals surface area contributed by atoms with Gasteiger partial charge in [0.1, 0.15) is 0 Å². The number of hydrogen-bond acceptors (Lipinski definition) is 4. The second kappa shape index (κ2) is 7.65. The van der Waals surface area contributed by atoms with Crippen molar-refractivity contribution in [1.29, 1.82) is 0 Å². The van der Waals surface area contributed by atoms with Gasteiger partial charge in [-0.2, -0.15) is 4.31 Å². The van der Waals surface area contributed by atoms with E-state index in [-0.39, 0.29) is 4.90 Å². The standard InChI is InChI=1S/C22H24N2O4S/c1-15-13-17(22(25)28-2)7-8-21(15)29(26,27)24-11-9-16(10-12-24)19-14-23-20-6-4-3-5-18(19)20/h3-8,13-14,16,23H,9-12H2,1-2H3. The normalized spacial score (nSPS) is 16.2. The molecule has 0 unspecified atom stereocenters. The predicted molar refractivity (Wildman–Crippen MR) is 112 cm³/mol. The van der Waals surface area contributed by atoms with E-state index in [1.807, 2.05) is 12.1 Å². The number of carbonyl (C=O) groups is 1. The summed E-state index contributed by atoms with van der Waals surface area (Å²) in [6.07, 6.45) is 3.61. The number of benzene rings is 2. The number of esters is 1. The number of carbonyl (C=O) groups excluding carboxylic acids is 1. The molecule has 3 aromatic rings. The molecule has 1 fully saturated rings. The number of aromatic nitrogens is 1. The molecule has 7 heteroatoms. The molecule has 0 aliphatic carbocycles. The summed E-state index contributed by atoms with van der Waals surface area (Å²) >= 11 is 0. The maximum atomic E-state index is 13.2. The molecule has 0 bridgehead atoms. The number of nitrogens with one attached hydrogen (secondary N) is 1. The molecule has 0 amide bonds. The minimum absolute atomic E-state index is 0.246. The van der Waals surface area contributed by atoms with E-state index in [0.717, 1.165) is 18.4 Å². The molecule has 1 aliphatic rings. The van der Waals surface area contributed by atoms with Crippen molar-refractivity contribution in [3.63, 3.8) is 0 Å². The quantitative estimate of drug-likeness (QED) is 0.661. The number of fused-ring (bicyclic) bond motifs is 1. The number of aryl methyl sites for hydroxylation is 1. The summed E-state index contributed by atoms with van der Waals surface area (Å²) in [6, 6.07) is 12.8. The average molecular weight is 413 g/mol. The third kappa shape index (κ3) is 3.56. The Morgan fingerprint density at radius 3 is 2.55 bits per heavy atom. The number of methoxy groups -OCH3 is 1. The van der Waals surface area contributed by atoms with Crippen LogP contribution in [0.3, 0.4) is 0 Å². The number of rotatable bonds is 4. The van der Waals surface area contributed by atoms with Gasteiger partial charge in [0.15, 0.2) is 0 Å². The first-order valence-electron chi connectivity index (χ1n) is 9.67. The molecule has 0 radical (unpaired) electrons. The van der Waals surface area contributed by atoms with Crippen LogP contribution < -0.4 is 0 Å². The highest BCUT2D eigenvalue weighted by molar-refractivity contribution is 7.89. The minimum Gasteiger partial charge on any atom is -0.465 e. The summed E-state index contributed by atoms with van der Waals surface area (Å²) in [4.78, 5) is 15.2. The third-order valence-corrected chi connectivity index (χ3v) is 7.79. The van der Waals surface area contributed by atoms with Crippen LogP contribution in [0.1, 0.15) is 40.2 Å². The van der Waals surface area contributed by atoms with Gasteiger partial charge >= 0.3 is 5.97 Å². The van der Waals surface area contributed by atoms with Crippen LogP contribution in [0.15, 0.2) is 53.6 Å². The first kappa shape index (κ1) is 19.7. The molecule has 2 heterocycles. The zero-order valence-electron chi connectivity index (χ0n) is 16.5. The Morgan fingerprint density at radius 2 is 1.86 bits per heavy atom. The lowest BCUT2D eigenvalue weighted by atomic mass is 9.90. The first-order valence-corrected chi connectivity index (χ1v) is 11.1. The Balaban J connectivity index is 1.52. The topological polar surface area (TPSA) is 79.5 Å². The summed E-state index contributed by atoms with van der Waals surface area (Å²) < 4.78 is 32.6. The van der Waals surface area contributed by atoms with Crippen molar-refractivity contribution < 1.29 is 17.9 Å². The maximum Gasteiger partial charge on any atom is 0.337 e. The predicted octanol–water partition coefficient (Wildman–Crippen LogP) is 3.83. The Bertz CT molecular complexity index is 1160. The lowest BCUT2D eigenvalue weighted by Gasteiger charge is -2.31. The maximum absolute atomic E-state index is 13.2. The van der Waals surface area contributed by atoms with Gasteiger partial charge in [0.05, 0.1) is 17.6 Å². The molecule has 0 spiro atoms. The molecule has 2 aromatic carbocycles. The number of aromatic amines is 1. The Morgan fingerprint density at radius 1 is 1.14 bits per heavy atom. The highest BCUT2D eigenvalue weighted by atomic mass is 32.2. The first-order chi connectivity index (χ1) is 13.9. The van der Waals surface area contributed by atoms with Crippen LogP contribution in [0.25, 0.3) is 10.9 Å².